The van der Waals surface area contributed by atoms with Gasteiger partial charge in [-0.3, -0.25) is 0 Å². The fourth-order valence-corrected chi connectivity index (χ4v) is 35.0. The molecule has 0 amide bonds. The summed E-state index contributed by atoms with van der Waals surface area (Å²) in [4.78, 5) is 17.4. The average Bonchev–Trinajstić information content (AvgIpc) is 1.44. The summed E-state index contributed by atoms with van der Waals surface area (Å²) >= 11 is 3.86. The first-order valence-electron chi connectivity index (χ1n) is 52.5. The number of para-hydroxylation sites is 1. The quantitative estimate of drug-likeness (QED) is 0.153. The van der Waals surface area contributed by atoms with Gasteiger partial charge < -0.3 is 29.4 Å². The van der Waals surface area contributed by atoms with Crippen molar-refractivity contribution < 1.29 is 0 Å². The standard InChI is InChI=1S/C127H130B2N6S2/c1-75-62-105-113-106(63-75)134-115-95(121(14)54-28-30-56-123(121,134)16)66-80(117(6,7)8)67-99(115)129(113)97-48-43-83(70-103(97)131(105)82-46-51-111-88(69-82)86-36-24-26-41-109(86)137-111)132-100-49-42-79(116(3,4)5)65-94(100)127(78-33-21-20-22-34-78)74-77(52-58-125(127,132)18)89-38-32-57-124(17)126(89,19)90-37-31-39-98-114(90)135(124)107-64-76(2)61-104-112(107)128(98)96-47-44-84(71-102(96)130(104)81-45-50-110-87(68-81)85-35-23-25-40-108(85)136-110)133-101-73-92-91(118(9,10)59-60-119(92,11)12)72-93(101)120(13)53-27-29-55-122(120,133)15/h20-26,31,33-37,39-51,61-73,77,89H,27-30,32,38,52-60,74H2,1-19H3. The molecule has 15 aromatic rings. The first kappa shape index (κ1) is 84.3. The lowest BCUT2D eigenvalue weighted by molar-refractivity contribution is 0.0274. The highest BCUT2D eigenvalue weighted by Crippen LogP contribution is 2.73. The van der Waals surface area contributed by atoms with Gasteiger partial charge in [0, 0.05) is 142 Å². The molecule has 2 aromatic heterocycles. The minimum atomic E-state index is -0.429. The number of rotatable bonds is 6. The summed E-state index contributed by atoms with van der Waals surface area (Å²) < 4.78 is 5.36. The number of benzene rings is 13. The van der Waals surface area contributed by atoms with Crippen molar-refractivity contribution in [1.29, 1.82) is 0 Å². The molecule has 10 atom stereocenters. The Morgan fingerprint density at radius 3 is 1.41 bits per heavy atom. The molecule has 0 bridgehead atoms. The Balaban J connectivity index is 0.619. The summed E-state index contributed by atoms with van der Waals surface area (Å²) in [6.45, 7) is 48.7. The molecule has 10 unspecified atom stereocenters. The summed E-state index contributed by atoms with van der Waals surface area (Å²) in [5.74, 6) is 0.738. The van der Waals surface area contributed by atoms with Crippen molar-refractivity contribution in [2.75, 3.05) is 29.4 Å². The Hall–Kier alpha value is -10.8. The molecule has 686 valence electrons. The van der Waals surface area contributed by atoms with Gasteiger partial charge in [0.1, 0.15) is 0 Å². The van der Waals surface area contributed by atoms with Crippen molar-refractivity contribution >= 4 is 189 Å². The van der Waals surface area contributed by atoms with Gasteiger partial charge in [-0.1, -0.05) is 250 Å². The largest absolute Gasteiger partial charge is 0.335 e. The fourth-order valence-electron chi connectivity index (χ4n) is 32.9. The van der Waals surface area contributed by atoms with Gasteiger partial charge in [-0.25, -0.2) is 0 Å². The second kappa shape index (κ2) is 27.5. The summed E-state index contributed by atoms with van der Waals surface area (Å²) in [6, 6.07) is 98.6. The van der Waals surface area contributed by atoms with E-state index in [-0.39, 0.29) is 67.9 Å². The SMILES string of the molecule is Cc1cc2c3c(c1)N1c4c(cc(C(C)(C)C)cc4C4(C)CCCCC14C)B3c1ccc(N3c4ccc(C(C)(C)C)cc4C4(c5ccccc5)CC(C5CCCC6(C)N7c8cc(C)cc9c8B(c8ccc(N%10c%11cc%12c(cc%11C%11(C)CCCCC%10%11C)C(C)(C)CCC%12(C)C)cc8N9c8ccc9sc%10ccccc%10c9c8)c8cccc(c87)C56C)CCC34C)cc1N2c1ccc2sc3ccccc3c2c1. The van der Waals surface area contributed by atoms with Crippen LogP contribution >= 0.6 is 22.7 Å². The van der Waals surface area contributed by atoms with E-state index >= 15 is 0 Å². The lowest BCUT2D eigenvalue weighted by Crippen LogP contribution is -2.66. The maximum Gasteiger partial charge on any atom is 0.252 e. The van der Waals surface area contributed by atoms with E-state index in [1.165, 1.54) is 257 Å². The van der Waals surface area contributed by atoms with Crippen LogP contribution in [0.1, 0.15) is 282 Å². The summed E-state index contributed by atoms with van der Waals surface area (Å²) in [6.07, 6.45) is 18.8. The monoisotopic (exact) mass is 1820 g/mol. The average molecular weight is 1830 g/mol. The van der Waals surface area contributed by atoms with Crippen molar-refractivity contribution in [2.45, 2.75) is 300 Å². The highest BCUT2D eigenvalue weighted by Gasteiger charge is 2.71. The Morgan fingerprint density at radius 1 is 0.314 bits per heavy atom. The van der Waals surface area contributed by atoms with Crippen molar-refractivity contribution in [3.63, 3.8) is 0 Å². The van der Waals surface area contributed by atoms with E-state index in [1.54, 1.807) is 27.8 Å². The zero-order valence-corrected chi connectivity index (χ0v) is 85.8. The van der Waals surface area contributed by atoms with Crippen LogP contribution in [0.3, 0.4) is 0 Å². The van der Waals surface area contributed by atoms with E-state index in [9.17, 15) is 0 Å². The van der Waals surface area contributed by atoms with Crippen LogP contribution in [0.25, 0.3) is 40.3 Å². The van der Waals surface area contributed by atoms with Crippen LogP contribution in [0.2, 0.25) is 0 Å². The van der Waals surface area contributed by atoms with E-state index in [2.05, 4.69) is 398 Å². The molecule has 137 heavy (non-hydrogen) atoms. The van der Waals surface area contributed by atoms with E-state index in [4.69, 9.17) is 0 Å². The zero-order valence-electron chi connectivity index (χ0n) is 84.1. The number of aryl methyl sites for hydroxylation is 2. The van der Waals surface area contributed by atoms with Crippen LogP contribution in [-0.2, 0) is 43.3 Å². The molecule has 0 radical (unpaired) electrons. The zero-order chi connectivity index (χ0) is 93.6. The third-order valence-electron chi connectivity index (χ3n) is 40.5. The number of hydrogen-bond donors (Lipinski definition) is 0. The van der Waals surface area contributed by atoms with Gasteiger partial charge in [0.2, 0.25) is 0 Å². The van der Waals surface area contributed by atoms with Crippen LogP contribution in [-0.4, -0.2) is 35.6 Å². The normalized spacial score (nSPS) is 27.7. The summed E-state index contributed by atoms with van der Waals surface area (Å²) in [7, 11) is 0. The molecule has 0 spiro atoms. The van der Waals surface area contributed by atoms with Gasteiger partial charge in [-0.15, -0.1) is 22.7 Å². The predicted molar refractivity (Wildman–Crippen MR) is 588 cm³/mol. The van der Waals surface area contributed by atoms with Crippen LogP contribution in [0, 0.1) is 25.7 Å². The maximum atomic E-state index is 3.04. The molecule has 28 rings (SSSR count). The molecular formula is C127H130B2N6S2. The lowest BCUT2D eigenvalue weighted by Gasteiger charge is -2.60. The van der Waals surface area contributed by atoms with Gasteiger partial charge in [0.15, 0.2) is 0 Å². The molecule has 10 heteroatoms. The maximum absolute atomic E-state index is 3.04. The Morgan fingerprint density at radius 2 is 0.810 bits per heavy atom. The molecular weight excluding hydrogens is 1700 g/mol. The number of hydrogen-bond acceptors (Lipinski definition) is 8. The number of nitrogens with zero attached hydrogens (tertiary/aromatic N) is 6. The molecule has 8 aliphatic heterocycles. The highest BCUT2D eigenvalue weighted by atomic mass is 32.1. The smallest absolute Gasteiger partial charge is 0.252 e. The van der Waals surface area contributed by atoms with Crippen LogP contribution < -0.4 is 62.2 Å². The molecule has 4 saturated carbocycles. The van der Waals surface area contributed by atoms with Crippen LogP contribution in [0.4, 0.5) is 79.6 Å². The third-order valence-corrected chi connectivity index (χ3v) is 42.9. The molecule has 5 aliphatic carbocycles. The van der Waals surface area contributed by atoms with Crippen molar-refractivity contribution in [2.24, 2.45) is 11.8 Å². The summed E-state index contributed by atoms with van der Waals surface area (Å²) in [5, 5.41) is 5.34. The van der Waals surface area contributed by atoms with Gasteiger partial charge in [0.25, 0.3) is 13.4 Å². The fraction of sp³-hybridized carbons (Fsp3) is 0.386. The molecule has 0 saturated heterocycles. The molecule has 10 heterocycles. The minimum Gasteiger partial charge on any atom is -0.335 e. The van der Waals surface area contributed by atoms with E-state index < -0.39 is 11.0 Å². The van der Waals surface area contributed by atoms with E-state index in [0.717, 1.165) is 32.1 Å². The molecule has 6 nitrogen and oxygen atoms in total. The van der Waals surface area contributed by atoms with Gasteiger partial charge in [0.05, 0.1) is 22.2 Å². The number of thiophene rings is 2. The van der Waals surface area contributed by atoms with Crippen molar-refractivity contribution in [1.82, 2.24) is 0 Å². The molecule has 13 aliphatic rings. The third kappa shape index (κ3) is 10.5. The highest BCUT2D eigenvalue weighted by molar-refractivity contribution is 7.26. The van der Waals surface area contributed by atoms with Crippen LogP contribution in [0.5, 0.6) is 0 Å². The first-order chi connectivity index (χ1) is 65.5. The first-order valence-corrected chi connectivity index (χ1v) is 54.1. The minimum absolute atomic E-state index is 0.00304. The van der Waals surface area contributed by atoms with E-state index in [1.807, 2.05) is 22.7 Å². The predicted octanol–water partition coefficient (Wildman–Crippen LogP) is 30.4. The topological polar surface area (TPSA) is 19.4 Å². The molecule has 0 N–H and O–H groups in total. The molecule has 13 aromatic carbocycles. The van der Waals surface area contributed by atoms with Gasteiger partial charge in [-0.2, -0.15) is 0 Å². The summed E-state index contributed by atoms with van der Waals surface area (Å²) in [5.41, 5.74) is 42.3. The Kier molecular flexibility index (Phi) is 16.9. The number of anilines is 14. The second-order valence-corrected chi connectivity index (χ2v) is 52.3. The van der Waals surface area contributed by atoms with E-state index in [0.29, 0.717) is 11.8 Å². The second-order valence-electron chi connectivity index (χ2n) is 50.1. The Labute approximate surface area is 821 Å². The Bertz CT molecular complexity index is 7870. The van der Waals surface area contributed by atoms with Gasteiger partial charge in [-0.05, 0) is 349 Å². The molecule has 4 fully saturated rings. The van der Waals surface area contributed by atoms with Crippen molar-refractivity contribution in [3.8, 4) is 0 Å². The van der Waals surface area contributed by atoms with Crippen molar-refractivity contribution in [3.05, 3.63) is 298 Å². The van der Waals surface area contributed by atoms with Crippen LogP contribution in [0.15, 0.2) is 237 Å². The lowest BCUT2D eigenvalue weighted by atomic mass is 9.33. The van der Waals surface area contributed by atoms with Gasteiger partial charge >= 0.3 is 0 Å². The number of fused-ring (bicyclic) bond motifs is 27.